The second-order valence-electron chi connectivity index (χ2n) is 3.20. The molecule has 1 atom stereocenters. The average Bonchev–Trinajstić information content (AvgIpc) is 2.20. The minimum atomic E-state index is -0.0380. The van der Waals surface area contributed by atoms with Gasteiger partial charge in [-0.1, -0.05) is 17.7 Å². The lowest BCUT2D eigenvalue weighted by Gasteiger charge is -2.23. The van der Waals surface area contributed by atoms with Gasteiger partial charge in [0.05, 0.1) is 12.2 Å². The number of nitriles is 1. The summed E-state index contributed by atoms with van der Waals surface area (Å²) < 4.78 is 5.40. The van der Waals surface area contributed by atoms with Crippen LogP contribution < -0.4 is 10.5 Å². The maximum absolute atomic E-state index is 8.76. The zero-order valence-electron chi connectivity index (χ0n) is 7.46. The van der Waals surface area contributed by atoms with Crippen molar-refractivity contribution in [3.63, 3.8) is 0 Å². The summed E-state index contributed by atoms with van der Waals surface area (Å²) in [5.41, 5.74) is 7.20. The maximum Gasteiger partial charge on any atom is 0.143 e. The molecule has 0 amide bonds. The van der Waals surface area contributed by atoms with Crippen molar-refractivity contribution in [3.05, 3.63) is 28.3 Å². The van der Waals surface area contributed by atoms with Crippen molar-refractivity contribution in [1.82, 2.24) is 0 Å². The molecule has 0 spiro atoms. The Bertz CT molecular complexity index is 411. The second-order valence-corrected chi connectivity index (χ2v) is 3.58. The van der Waals surface area contributed by atoms with Gasteiger partial charge in [0.25, 0.3) is 0 Å². The van der Waals surface area contributed by atoms with Crippen LogP contribution in [0.1, 0.15) is 23.6 Å². The van der Waals surface area contributed by atoms with Gasteiger partial charge in [-0.05, 0) is 6.07 Å². The SMILES string of the molecule is N#Cc1ccc2c(c1Cl)OCCC2N. The Morgan fingerprint density at radius 3 is 3.07 bits per heavy atom. The third-order valence-corrected chi connectivity index (χ3v) is 2.70. The molecule has 1 unspecified atom stereocenters. The van der Waals surface area contributed by atoms with Crippen molar-refractivity contribution >= 4 is 11.6 Å². The molecule has 0 radical (unpaired) electrons. The van der Waals surface area contributed by atoms with Crippen LogP contribution in [0.5, 0.6) is 5.75 Å². The highest BCUT2D eigenvalue weighted by Crippen LogP contribution is 2.38. The smallest absolute Gasteiger partial charge is 0.143 e. The van der Waals surface area contributed by atoms with Gasteiger partial charge in [-0.3, -0.25) is 0 Å². The van der Waals surface area contributed by atoms with Crippen LogP contribution in [0.2, 0.25) is 5.02 Å². The van der Waals surface area contributed by atoms with E-state index in [1.807, 2.05) is 12.1 Å². The van der Waals surface area contributed by atoms with Crippen LogP contribution in [-0.4, -0.2) is 6.61 Å². The quantitative estimate of drug-likeness (QED) is 0.710. The van der Waals surface area contributed by atoms with Gasteiger partial charge in [-0.25, -0.2) is 0 Å². The molecule has 0 saturated carbocycles. The number of halogens is 1. The molecule has 1 aliphatic heterocycles. The molecular formula is C10H9ClN2O. The van der Waals surface area contributed by atoms with E-state index in [-0.39, 0.29) is 6.04 Å². The van der Waals surface area contributed by atoms with E-state index >= 15 is 0 Å². The molecule has 72 valence electrons. The van der Waals surface area contributed by atoms with Gasteiger partial charge in [0.2, 0.25) is 0 Å². The third kappa shape index (κ3) is 1.33. The van der Waals surface area contributed by atoms with Gasteiger partial charge < -0.3 is 10.5 Å². The van der Waals surface area contributed by atoms with Gasteiger partial charge >= 0.3 is 0 Å². The lowest BCUT2D eigenvalue weighted by atomic mass is 10.00. The first kappa shape index (κ1) is 9.32. The molecule has 0 aliphatic carbocycles. The highest BCUT2D eigenvalue weighted by Gasteiger charge is 2.21. The monoisotopic (exact) mass is 208 g/mol. The molecule has 4 heteroatoms. The molecule has 14 heavy (non-hydrogen) atoms. The molecule has 1 aromatic carbocycles. The predicted octanol–water partition coefficient (Wildman–Crippen LogP) is 1.99. The van der Waals surface area contributed by atoms with Crippen LogP contribution in [0.25, 0.3) is 0 Å². The maximum atomic E-state index is 8.76. The van der Waals surface area contributed by atoms with Crippen LogP contribution in [0.3, 0.4) is 0 Å². The first-order valence-electron chi connectivity index (χ1n) is 4.35. The molecule has 2 N–H and O–H groups in total. The first-order valence-corrected chi connectivity index (χ1v) is 4.72. The molecule has 1 aliphatic rings. The number of benzene rings is 1. The average molecular weight is 209 g/mol. The summed E-state index contributed by atoms with van der Waals surface area (Å²) in [7, 11) is 0. The number of hydrogen-bond acceptors (Lipinski definition) is 3. The lowest BCUT2D eigenvalue weighted by molar-refractivity contribution is 0.269. The van der Waals surface area contributed by atoms with E-state index in [9.17, 15) is 0 Å². The van der Waals surface area contributed by atoms with Gasteiger partial charge in [0, 0.05) is 18.0 Å². The fourth-order valence-electron chi connectivity index (χ4n) is 1.54. The summed E-state index contributed by atoms with van der Waals surface area (Å²) in [5, 5.41) is 9.14. The first-order chi connectivity index (χ1) is 6.74. The van der Waals surface area contributed by atoms with Crippen molar-refractivity contribution < 1.29 is 4.74 Å². The minimum absolute atomic E-state index is 0.0380. The van der Waals surface area contributed by atoms with Crippen molar-refractivity contribution in [2.75, 3.05) is 6.61 Å². The van der Waals surface area contributed by atoms with Crippen molar-refractivity contribution in [2.45, 2.75) is 12.5 Å². The summed E-state index contributed by atoms with van der Waals surface area (Å²) in [6.07, 6.45) is 0.787. The van der Waals surface area contributed by atoms with E-state index < -0.39 is 0 Å². The summed E-state index contributed by atoms with van der Waals surface area (Å²) in [6.45, 7) is 0.558. The minimum Gasteiger partial charge on any atom is -0.492 e. The van der Waals surface area contributed by atoms with Crippen LogP contribution in [0.4, 0.5) is 0 Å². The fourth-order valence-corrected chi connectivity index (χ4v) is 1.81. The Hall–Kier alpha value is -1.24. The molecule has 0 saturated heterocycles. The predicted molar refractivity (Wildman–Crippen MR) is 53.2 cm³/mol. The Labute approximate surface area is 87.0 Å². The van der Waals surface area contributed by atoms with Crippen LogP contribution in [-0.2, 0) is 0 Å². The van der Waals surface area contributed by atoms with Gasteiger partial charge in [-0.2, -0.15) is 5.26 Å². The Morgan fingerprint density at radius 2 is 2.36 bits per heavy atom. The van der Waals surface area contributed by atoms with Crippen molar-refractivity contribution in [2.24, 2.45) is 5.73 Å². The molecule has 3 nitrogen and oxygen atoms in total. The molecule has 0 fully saturated rings. The summed E-state index contributed by atoms with van der Waals surface area (Å²) in [4.78, 5) is 0. The molecule has 1 aromatic rings. The number of nitrogens with zero attached hydrogens (tertiary/aromatic N) is 1. The second kappa shape index (κ2) is 3.49. The van der Waals surface area contributed by atoms with E-state index in [0.29, 0.717) is 22.9 Å². The van der Waals surface area contributed by atoms with Crippen molar-refractivity contribution in [1.29, 1.82) is 5.26 Å². The molecular weight excluding hydrogens is 200 g/mol. The molecule has 1 heterocycles. The highest BCUT2D eigenvalue weighted by atomic mass is 35.5. The fraction of sp³-hybridized carbons (Fsp3) is 0.300. The zero-order chi connectivity index (χ0) is 10.1. The summed E-state index contributed by atoms with van der Waals surface area (Å²) in [6, 6.07) is 5.45. The summed E-state index contributed by atoms with van der Waals surface area (Å²) >= 11 is 5.99. The van der Waals surface area contributed by atoms with E-state index in [2.05, 4.69) is 0 Å². The number of nitrogens with two attached hydrogens (primary N) is 1. The van der Waals surface area contributed by atoms with Crippen molar-refractivity contribution in [3.8, 4) is 11.8 Å². The molecule has 0 bridgehead atoms. The normalized spacial score (nSPS) is 19.4. The highest BCUT2D eigenvalue weighted by molar-refractivity contribution is 6.33. The van der Waals surface area contributed by atoms with Gasteiger partial charge in [-0.15, -0.1) is 0 Å². The number of rotatable bonds is 0. The Morgan fingerprint density at radius 1 is 1.57 bits per heavy atom. The lowest BCUT2D eigenvalue weighted by Crippen LogP contribution is -2.20. The number of fused-ring (bicyclic) bond motifs is 1. The van der Waals surface area contributed by atoms with E-state index in [4.69, 9.17) is 27.3 Å². The van der Waals surface area contributed by atoms with Crippen LogP contribution >= 0.6 is 11.6 Å². The number of ether oxygens (including phenoxy) is 1. The number of hydrogen-bond donors (Lipinski definition) is 1. The zero-order valence-corrected chi connectivity index (χ0v) is 8.21. The third-order valence-electron chi connectivity index (χ3n) is 2.32. The van der Waals surface area contributed by atoms with Crippen LogP contribution in [0.15, 0.2) is 12.1 Å². The summed E-state index contributed by atoms with van der Waals surface area (Å²) in [5.74, 6) is 0.574. The molecule has 0 aromatic heterocycles. The molecule has 2 rings (SSSR count). The van der Waals surface area contributed by atoms with E-state index in [1.165, 1.54) is 0 Å². The Kier molecular flexibility index (Phi) is 2.32. The van der Waals surface area contributed by atoms with Gasteiger partial charge in [0.1, 0.15) is 16.8 Å². The Balaban J connectivity index is 2.59. The van der Waals surface area contributed by atoms with Gasteiger partial charge in [0.15, 0.2) is 0 Å². The van der Waals surface area contributed by atoms with E-state index in [0.717, 1.165) is 12.0 Å². The topological polar surface area (TPSA) is 59.0 Å². The largest absolute Gasteiger partial charge is 0.492 e. The standard InChI is InChI=1S/C10H9ClN2O/c11-9-6(5-12)1-2-7-8(13)3-4-14-10(7)9/h1-2,8H,3-4,13H2. The van der Waals surface area contributed by atoms with E-state index in [1.54, 1.807) is 6.07 Å². The van der Waals surface area contributed by atoms with Crippen LogP contribution in [0, 0.1) is 11.3 Å².